The van der Waals surface area contributed by atoms with E-state index in [4.69, 9.17) is 21.1 Å². The number of halogens is 1. The van der Waals surface area contributed by atoms with E-state index in [-0.39, 0.29) is 27.9 Å². The Morgan fingerprint density at radius 2 is 2.00 bits per heavy atom. The van der Waals surface area contributed by atoms with Gasteiger partial charge in [0.25, 0.3) is 5.69 Å². The molecule has 1 N–H and O–H groups in total. The largest absolute Gasteiger partial charge is 0.493 e. The third kappa shape index (κ3) is 3.99. The smallest absolute Gasteiger partial charge is 0.417 e. The normalized spacial score (nSPS) is 9.92. The summed E-state index contributed by atoms with van der Waals surface area (Å²) in [6, 6.07) is 7.83. The number of amides is 1. The van der Waals surface area contributed by atoms with Crippen molar-refractivity contribution in [1.29, 1.82) is 0 Å². The van der Waals surface area contributed by atoms with Gasteiger partial charge in [-0.05, 0) is 24.3 Å². The lowest BCUT2D eigenvalue weighted by atomic mass is 10.2. The molecule has 24 heavy (non-hydrogen) atoms. The number of nitrogens with zero attached hydrogens (tertiary/aromatic N) is 1. The first kappa shape index (κ1) is 17.2. The number of hydrogen-bond donors (Lipinski definition) is 1. The summed E-state index contributed by atoms with van der Waals surface area (Å²) >= 11 is 5.89. The molecule has 0 aliphatic carbocycles. The number of nitro benzene ring substituents is 1. The lowest BCUT2D eigenvalue weighted by molar-refractivity contribution is -0.384. The van der Waals surface area contributed by atoms with E-state index < -0.39 is 11.0 Å². The van der Waals surface area contributed by atoms with Gasteiger partial charge >= 0.3 is 6.09 Å². The third-order valence-corrected chi connectivity index (χ3v) is 3.25. The van der Waals surface area contributed by atoms with E-state index in [0.717, 1.165) is 6.07 Å². The molecule has 0 aromatic heterocycles. The van der Waals surface area contributed by atoms with Crippen LogP contribution in [0.4, 0.5) is 16.2 Å². The van der Waals surface area contributed by atoms with Gasteiger partial charge in [-0.3, -0.25) is 20.2 Å². The van der Waals surface area contributed by atoms with Crippen LogP contribution in [0, 0.1) is 10.1 Å². The van der Waals surface area contributed by atoms with Gasteiger partial charge in [0.2, 0.25) is 0 Å². The van der Waals surface area contributed by atoms with E-state index in [1.807, 2.05) is 0 Å². The molecule has 0 saturated heterocycles. The van der Waals surface area contributed by atoms with Crippen molar-refractivity contribution in [2.24, 2.45) is 0 Å². The molecule has 0 aliphatic heterocycles. The molecule has 0 bridgehead atoms. The lowest BCUT2D eigenvalue weighted by Crippen LogP contribution is -2.17. The molecular formula is C15H11ClN2O6. The highest BCUT2D eigenvalue weighted by Gasteiger charge is 2.15. The fourth-order valence-corrected chi connectivity index (χ4v) is 1.96. The minimum atomic E-state index is -0.922. The number of carbonyl (C=O) groups excluding carboxylic acids is 2. The predicted octanol–water partition coefficient (Wildman–Crippen LogP) is 3.68. The summed E-state index contributed by atoms with van der Waals surface area (Å²) < 4.78 is 10.1. The first-order chi connectivity index (χ1) is 11.4. The number of aldehydes is 1. The van der Waals surface area contributed by atoms with Crippen LogP contribution in [0.3, 0.4) is 0 Å². The Kier molecular flexibility index (Phi) is 5.33. The second-order valence-corrected chi connectivity index (χ2v) is 4.87. The van der Waals surface area contributed by atoms with Crippen LogP contribution >= 0.6 is 11.6 Å². The molecule has 124 valence electrons. The van der Waals surface area contributed by atoms with E-state index in [9.17, 15) is 19.7 Å². The fourth-order valence-electron chi connectivity index (χ4n) is 1.80. The van der Waals surface area contributed by atoms with Gasteiger partial charge in [-0.1, -0.05) is 11.6 Å². The number of carbonyl (C=O) groups is 2. The number of non-ortho nitro benzene ring substituents is 1. The number of rotatable bonds is 5. The Balaban J connectivity index is 2.18. The number of methoxy groups -OCH3 is 1. The van der Waals surface area contributed by atoms with Gasteiger partial charge in [0.1, 0.15) is 6.29 Å². The molecule has 1 amide bonds. The van der Waals surface area contributed by atoms with Gasteiger partial charge in [-0.25, -0.2) is 4.79 Å². The van der Waals surface area contributed by atoms with E-state index in [1.54, 1.807) is 0 Å². The van der Waals surface area contributed by atoms with Crippen molar-refractivity contribution < 1.29 is 24.0 Å². The first-order valence-corrected chi connectivity index (χ1v) is 6.88. The van der Waals surface area contributed by atoms with Crippen molar-refractivity contribution in [3.8, 4) is 11.5 Å². The minimum Gasteiger partial charge on any atom is -0.493 e. The maximum Gasteiger partial charge on any atom is 0.417 e. The number of nitro groups is 1. The third-order valence-electron chi connectivity index (χ3n) is 2.92. The highest BCUT2D eigenvalue weighted by Crippen LogP contribution is 2.30. The van der Waals surface area contributed by atoms with E-state index in [2.05, 4.69) is 5.32 Å². The highest BCUT2D eigenvalue weighted by molar-refractivity contribution is 6.33. The Morgan fingerprint density at radius 1 is 1.25 bits per heavy atom. The van der Waals surface area contributed by atoms with Gasteiger partial charge in [0, 0.05) is 17.7 Å². The van der Waals surface area contributed by atoms with Gasteiger partial charge in [-0.2, -0.15) is 0 Å². The molecule has 0 fully saturated rings. The molecule has 2 aromatic rings. The summed E-state index contributed by atoms with van der Waals surface area (Å²) in [6.07, 6.45) is -0.301. The summed E-state index contributed by atoms with van der Waals surface area (Å²) in [7, 11) is 1.35. The number of hydrogen-bond acceptors (Lipinski definition) is 6. The van der Waals surface area contributed by atoms with E-state index in [0.29, 0.717) is 11.8 Å². The van der Waals surface area contributed by atoms with Crippen molar-refractivity contribution in [2.45, 2.75) is 0 Å². The van der Waals surface area contributed by atoms with Crippen LogP contribution in [0.5, 0.6) is 11.5 Å². The Morgan fingerprint density at radius 3 is 2.62 bits per heavy atom. The van der Waals surface area contributed by atoms with Crippen LogP contribution in [-0.2, 0) is 0 Å². The van der Waals surface area contributed by atoms with Gasteiger partial charge in [-0.15, -0.1) is 0 Å². The molecule has 0 aliphatic rings. The van der Waals surface area contributed by atoms with Gasteiger partial charge < -0.3 is 9.47 Å². The Labute approximate surface area is 141 Å². The SMILES string of the molecule is COc1cc(C=O)ccc1OC(=O)Nc1cc([N+](=O)[O-])ccc1Cl. The number of benzene rings is 2. The maximum atomic E-state index is 12.0. The molecule has 0 unspecified atom stereocenters. The fraction of sp³-hybridized carbons (Fsp3) is 0.0667. The lowest BCUT2D eigenvalue weighted by Gasteiger charge is -2.11. The Hall–Kier alpha value is -3.13. The van der Waals surface area contributed by atoms with Crippen molar-refractivity contribution in [2.75, 3.05) is 12.4 Å². The van der Waals surface area contributed by atoms with Crippen LogP contribution < -0.4 is 14.8 Å². The molecular weight excluding hydrogens is 340 g/mol. The summed E-state index contributed by atoms with van der Waals surface area (Å²) in [5.41, 5.74) is 0.142. The first-order valence-electron chi connectivity index (χ1n) is 6.50. The van der Waals surface area contributed by atoms with Crippen LogP contribution in [0.15, 0.2) is 36.4 Å². The zero-order valence-corrected chi connectivity index (χ0v) is 13.1. The molecule has 0 spiro atoms. The summed E-state index contributed by atoms with van der Waals surface area (Å²) in [6.45, 7) is 0. The average molecular weight is 351 g/mol. The molecule has 2 rings (SSSR count). The van der Waals surface area contributed by atoms with Crippen LogP contribution in [0.25, 0.3) is 0 Å². The zero-order valence-electron chi connectivity index (χ0n) is 12.3. The minimum absolute atomic E-state index is 0.0272. The standard InChI is InChI=1S/C15H11ClN2O6/c1-23-14-6-9(8-19)2-5-13(14)24-15(20)17-12-7-10(18(21)22)3-4-11(12)16/h2-8H,1H3,(H,17,20). The highest BCUT2D eigenvalue weighted by atomic mass is 35.5. The van der Waals surface area contributed by atoms with Gasteiger partial charge in [0.15, 0.2) is 11.5 Å². The zero-order chi connectivity index (χ0) is 17.7. The van der Waals surface area contributed by atoms with Crippen molar-refractivity contribution >= 4 is 35.4 Å². The second-order valence-electron chi connectivity index (χ2n) is 4.46. The molecule has 2 aromatic carbocycles. The maximum absolute atomic E-state index is 12.0. The van der Waals surface area contributed by atoms with Crippen molar-refractivity contribution in [1.82, 2.24) is 0 Å². The monoisotopic (exact) mass is 350 g/mol. The van der Waals surface area contributed by atoms with E-state index in [1.165, 1.54) is 37.4 Å². The molecule has 0 radical (unpaired) electrons. The molecule has 8 nitrogen and oxygen atoms in total. The number of ether oxygens (including phenoxy) is 2. The number of nitrogens with one attached hydrogen (secondary N) is 1. The van der Waals surface area contributed by atoms with Crippen molar-refractivity contribution in [3.05, 3.63) is 57.1 Å². The summed E-state index contributed by atoms with van der Waals surface area (Å²) in [4.78, 5) is 32.8. The predicted molar refractivity (Wildman–Crippen MR) is 86.1 cm³/mol. The topological polar surface area (TPSA) is 108 Å². The van der Waals surface area contributed by atoms with Crippen LogP contribution in [-0.4, -0.2) is 24.4 Å². The average Bonchev–Trinajstić information content (AvgIpc) is 2.56. The van der Waals surface area contributed by atoms with Gasteiger partial charge in [0.05, 0.1) is 22.7 Å². The molecule has 0 atom stereocenters. The molecule has 0 saturated carbocycles. The van der Waals surface area contributed by atoms with Crippen LogP contribution in [0.1, 0.15) is 10.4 Å². The van der Waals surface area contributed by atoms with Crippen molar-refractivity contribution in [3.63, 3.8) is 0 Å². The summed E-state index contributed by atoms with van der Waals surface area (Å²) in [5.74, 6) is 0.252. The molecule has 0 heterocycles. The van der Waals surface area contributed by atoms with Crippen LogP contribution in [0.2, 0.25) is 5.02 Å². The summed E-state index contributed by atoms with van der Waals surface area (Å²) in [5, 5.41) is 13.2. The number of anilines is 1. The molecule has 9 heteroatoms. The van der Waals surface area contributed by atoms with E-state index >= 15 is 0 Å². The quantitative estimate of drug-likeness (QED) is 0.500. The second kappa shape index (κ2) is 7.42. The Bertz CT molecular complexity index is 809.